The highest BCUT2D eigenvalue weighted by Gasteiger charge is 2.19. The second-order valence-electron chi connectivity index (χ2n) is 17.3. The Labute approximate surface area is 386 Å². The molecule has 0 aromatic heterocycles. The average molecular weight is 887 g/mol. The lowest BCUT2D eigenvalue weighted by Crippen LogP contribution is -2.17. The van der Waals surface area contributed by atoms with E-state index in [1.165, 1.54) is 115 Å². The summed E-state index contributed by atoms with van der Waals surface area (Å²) in [6.07, 6.45) is 27.2. The summed E-state index contributed by atoms with van der Waals surface area (Å²) < 4.78 is 24.6. The van der Waals surface area contributed by atoms with Crippen LogP contribution in [0.5, 0.6) is 23.0 Å². The number of carbonyl (C=O) groups excluding carboxylic acids is 2. The molecular weight excluding hydrogens is 805 g/mol. The van der Waals surface area contributed by atoms with Gasteiger partial charge >= 0.3 is 5.97 Å². The molecule has 0 atom stereocenters. The zero-order valence-corrected chi connectivity index (χ0v) is 40.2. The molecule has 3 rings (SSSR count). The van der Waals surface area contributed by atoms with Crippen molar-refractivity contribution >= 4 is 29.2 Å². The molecule has 0 fully saturated rings. The molecule has 0 unspecified atom stereocenters. The van der Waals surface area contributed by atoms with Crippen LogP contribution in [0.25, 0.3) is 0 Å². The van der Waals surface area contributed by atoms with Crippen molar-refractivity contribution in [1.29, 1.82) is 0 Å². The highest BCUT2D eigenvalue weighted by atomic mass is 16.5. The first-order valence-electron chi connectivity index (χ1n) is 25.0. The van der Waals surface area contributed by atoms with Crippen LogP contribution in [0.2, 0.25) is 0 Å². The number of carboxylic acid groups (broad SMARTS) is 1. The highest BCUT2D eigenvalue weighted by Crippen LogP contribution is 2.31. The van der Waals surface area contributed by atoms with E-state index in [1.807, 2.05) is 12.1 Å². The monoisotopic (exact) mass is 887 g/mol. The fourth-order valence-corrected chi connectivity index (χ4v) is 7.52. The maximum absolute atomic E-state index is 14.0. The molecule has 2 amide bonds. The number of nitrogens with one attached hydrogen (secondary N) is 2. The Kier molecular flexibility index (Phi) is 27.5. The van der Waals surface area contributed by atoms with Crippen LogP contribution in [-0.2, 0) is 0 Å². The number of ether oxygens (including phenoxy) is 4. The SMILES string of the molecule is CCCCCCCCOc1cc(OCCCCCCCC)cc(C(=O)Nc2cc(C(=O)O)cc(NC(=O)c3cc(OCCCCCCCC)cc(OCCCCCCCC)c3)c2C)c1. The molecule has 0 aliphatic heterocycles. The Morgan fingerprint density at radius 3 is 0.922 bits per heavy atom. The predicted molar refractivity (Wildman–Crippen MR) is 262 cm³/mol. The van der Waals surface area contributed by atoms with Gasteiger partial charge in [0.25, 0.3) is 11.8 Å². The molecule has 0 radical (unpaired) electrons. The van der Waals surface area contributed by atoms with Crippen LogP contribution in [0, 0.1) is 6.92 Å². The number of hydrogen-bond acceptors (Lipinski definition) is 7. The Bertz CT molecular complexity index is 1600. The van der Waals surface area contributed by atoms with Gasteiger partial charge in [-0.2, -0.15) is 0 Å². The molecule has 0 spiro atoms. The minimum atomic E-state index is -1.20. The van der Waals surface area contributed by atoms with Gasteiger partial charge in [0.1, 0.15) is 23.0 Å². The van der Waals surface area contributed by atoms with E-state index in [9.17, 15) is 19.5 Å². The topological polar surface area (TPSA) is 132 Å². The lowest BCUT2D eigenvalue weighted by Gasteiger charge is -2.17. The van der Waals surface area contributed by atoms with Crippen molar-refractivity contribution in [3.05, 3.63) is 70.8 Å². The van der Waals surface area contributed by atoms with E-state index in [0.717, 1.165) is 51.4 Å². The Hall–Kier alpha value is -4.73. The molecule has 356 valence electrons. The number of benzene rings is 3. The number of carbonyl (C=O) groups is 3. The average Bonchev–Trinajstić information content (AvgIpc) is 3.28. The molecule has 0 aliphatic rings. The molecule has 10 nitrogen and oxygen atoms in total. The van der Waals surface area contributed by atoms with Crippen molar-refractivity contribution in [3.8, 4) is 23.0 Å². The number of unbranched alkanes of at least 4 members (excludes halogenated alkanes) is 20. The zero-order chi connectivity index (χ0) is 46.2. The van der Waals surface area contributed by atoms with E-state index in [-0.39, 0.29) is 16.9 Å². The summed E-state index contributed by atoms with van der Waals surface area (Å²) in [6.45, 7) is 12.7. The van der Waals surface area contributed by atoms with Gasteiger partial charge in [-0.3, -0.25) is 9.59 Å². The van der Waals surface area contributed by atoms with Crippen molar-refractivity contribution in [2.45, 2.75) is 189 Å². The number of hydrogen-bond donors (Lipinski definition) is 3. The normalized spacial score (nSPS) is 11.0. The van der Waals surface area contributed by atoms with Gasteiger partial charge in [0.05, 0.1) is 32.0 Å². The molecule has 64 heavy (non-hydrogen) atoms. The number of anilines is 2. The molecule has 0 aliphatic carbocycles. The molecule has 0 bridgehead atoms. The lowest BCUT2D eigenvalue weighted by atomic mass is 10.1. The van der Waals surface area contributed by atoms with E-state index in [2.05, 4.69) is 38.3 Å². The minimum Gasteiger partial charge on any atom is -0.493 e. The van der Waals surface area contributed by atoms with Gasteiger partial charge in [-0.1, -0.05) is 156 Å². The van der Waals surface area contributed by atoms with Gasteiger partial charge < -0.3 is 34.7 Å². The molecule has 3 aromatic rings. The highest BCUT2D eigenvalue weighted by molar-refractivity contribution is 6.09. The third kappa shape index (κ3) is 21.8. The van der Waals surface area contributed by atoms with Gasteiger partial charge in [0, 0.05) is 34.6 Å². The van der Waals surface area contributed by atoms with Crippen molar-refractivity contribution in [2.24, 2.45) is 0 Å². The fraction of sp³-hybridized carbons (Fsp3) is 0.611. The first kappa shape index (κ1) is 53.6. The maximum Gasteiger partial charge on any atom is 0.335 e. The lowest BCUT2D eigenvalue weighted by molar-refractivity contribution is 0.0696. The van der Waals surface area contributed by atoms with Crippen LogP contribution in [0.1, 0.15) is 218 Å². The van der Waals surface area contributed by atoms with E-state index in [4.69, 9.17) is 18.9 Å². The second kappa shape index (κ2) is 32.9. The van der Waals surface area contributed by atoms with Crippen LogP contribution >= 0.6 is 0 Å². The summed E-state index contributed by atoms with van der Waals surface area (Å²) in [4.78, 5) is 40.4. The summed E-state index contributed by atoms with van der Waals surface area (Å²) in [5.74, 6) is 0.0397. The third-order valence-corrected chi connectivity index (χ3v) is 11.5. The van der Waals surface area contributed by atoms with Crippen LogP contribution in [-0.4, -0.2) is 49.3 Å². The smallest absolute Gasteiger partial charge is 0.335 e. The largest absolute Gasteiger partial charge is 0.493 e. The van der Waals surface area contributed by atoms with E-state index < -0.39 is 17.8 Å². The van der Waals surface area contributed by atoms with Gasteiger partial charge in [0.2, 0.25) is 0 Å². The van der Waals surface area contributed by atoms with E-state index >= 15 is 0 Å². The Morgan fingerprint density at radius 1 is 0.391 bits per heavy atom. The standard InChI is InChI=1S/C54H82N2O8/c1-6-10-14-18-22-26-30-61-46-34-43(35-47(40-46)62-31-27-23-19-15-11-7-2)52(57)55-50-38-45(54(59)60)39-51(42(50)5)56-53(58)44-36-48(63-32-28-24-20-16-12-8-3)41-49(37-44)64-33-29-25-21-17-13-9-4/h34-41H,6-33H2,1-5H3,(H,55,57)(H,56,58)(H,59,60). The molecule has 0 saturated heterocycles. The van der Waals surface area contributed by atoms with Crippen LogP contribution in [0.4, 0.5) is 11.4 Å². The Balaban J connectivity index is 1.82. The molecule has 0 saturated carbocycles. The molecular formula is C54H82N2O8. The van der Waals surface area contributed by atoms with Crippen LogP contribution in [0.15, 0.2) is 48.5 Å². The summed E-state index contributed by atoms with van der Waals surface area (Å²) in [6, 6.07) is 13.2. The summed E-state index contributed by atoms with van der Waals surface area (Å²) in [7, 11) is 0. The molecule has 10 heteroatoms. The van der Waals surface area contributed by atoms with Crippen molar-refractivity contribution in [1.82, 2.24) is 0 Å². The van der Waals surface area contributed by atoms with Crippen molar-refractivity contribution < 1.29 is 38.4 Å². The van der Waals surface area contributed by atoms with E-state index in [0.29, 0.717) is 66.1 Å². The van der Waals surface area contributed by atoms with Crippen LogP contribution < -0.4 is 29.6 Å². The number of amides is 2. The van der Waals surface area contributed by atoms with E-state index in [1.54, 1.807) is 31.2 Å². The van der Waals surface area contributed by atoms with Gasteiger partial charge in [-0.15, -0.1) is 0 Å². The summed E-state index contributed by atoms with van der Waals surface area (Å²) in [5.41, 5.74) is 1.55. The zero-order valence-electron chi connectivity index (χ0n) is 40.2. The second-order valence-corrected chi connectivity index (χ2v) is 17.3. The number of aromatic carboxylic acids is 1. The molecule has 0 heterocycles. The van der Waals surface area contributed by atoms with Crippen molar-refractivity contribution in [2.75, 3.05) is 37.1 Å². The Morgan fingerprint density at radius 2 is 0.656 bits per heavy atom. The van der Waals surface area contributed by atoms with Crippen LogP contribution in [0.3, 0.4) is 0 Å². The van der Waals surface area contributed by atoms with Crippen molar-refractivity contribution in [3.63, 3.8) is 0 Å². The van der Waals surface area contributed by atoms with Gasteiger partial charge in [-0.05, 0) is 74.6 Å². The minimum absolute atomic E-state index is 0.0887. The predicted octanol–water partition coefficient (Wildman–Crippen LogP) is 15.2. The first-order chi connectivity index (χ1) is 31.2. The number of rotatable bonds is 37. The summed E-state index contributed by atoms with van der Waals surface area (Å²) >= 11 is 0. The summed E-state index contributed by atoms with van der Waals surface area (Å²) in [5, 5.41) is 16.0. The first-order valence-corrected chi connectivity index (χ1v) is 25.0. The molecule has 3 N–H and O–H groups in total. The maximum atomic E-state index is 14.0. The third-order valence-electron chi connectivity index (χ3n) is 11.5. The van der Waals surface area contributed by atoms with Gasteiger partial charge in [0.15, 0.2) is 0 Å². The van der Waals surface area contributed by atoms with Gasteiger partial charge in [-0.25, -0.2) is 4.79 Å². The fourth-order valence-electron chi connectivity index (χ4n) is 7.52. The number of carboxylic acids is 1. The quantitative estimate of drug-likeness (QED) is 0.0488. The molecule has 3 aromatic carbocycles.